The summed E-state index contributed by atoms with van der Waals surface area (Å²) in [6.07, 6.45) is 2.90. The van der Waals surface area contributed by atoms with E-state index in [0.29, 0.717) is 17.5 Å². The molecule has 1 fully saturated rings. The molecule has 32 heavy (non-hydrogen) atoms. The highest BCUT2D eigenvalue weighted by atomic mass is 16.3. The highest BCUT2D eigenvalue weighted by Crippen LogP contribution is 2.26. The number of fused-ring (bicyclic) bond motifs is 3. The minimum Gasteiger partial charge on any atom is -0.449 e. The van der Waals surface area contributed by atoms with Crippen molar-refractivity contribution in [2.75, 3.05) is 6.54 Å². The van der Waals surface area contributed by atoms with Gasteiger partial charge in [0.15, 0.2) is 0 Å². The van der Waals surface area contributed by atoms with E-state index >= 15 is 0 Å². The number of aromatic nitrogens is 2. The summed E-state index contributed by atoms with van der Waals surface area (Å²) in [7, 11) is 0. The van der Waals surface area contributed by atoms with Gasteiger partial charge in [-0.1, -0.05) is 12.1 Å². The molecule has 0 saturated carbocycles. The van der Waals surface area contributed by atoms with E-state index in [1.165, 1.54) is 4.57 Å². The number of piperidine rings is 1. The molecule has 0 aliphatic carbocycles. The topological polar surface area (TPSA) is 107 Å². The van der Waals surface area contributed by atoms with Crippen molar-refractivity contribution in [3.8, 4) is 0 Å². The smallest absolute Gasteiger partial charge is 0.332 e. The highest BCUT2D eigenvalue weighted by molar-refractivity contribution is 6.02. The monoisotopic (exact) mass is 440 g/mol. The van der Waals surface area contributed by atoms with Gasteiger partial charge < -0.3 is 14.6 Å². The highest BCUT2D eigenvalue weighted by Gasteiger charge is 2.27. The molecule has 1 unspecified atom stereocenters. The Morgan fingerprint density at radius 2 is 1.88 bits per heavy atom. The Bertz CT molecular complexity index is 1300. The van der Waals surface area contributed by atoms with E-state index in [0.717, 1.165) is 23.8 Å². The number of rotatable bonds is 5. The van der Waals surface area contributed by atoms with Gasteiger partial charge in [-0.15, -0.1) is 0 Å². The quantitative estimate of drug-likeness (QED) is 0.652. The maximum atomic E-state index is 13.4. The Balaban J connectivity index is 1.87. The minimum absolute atomic E-state index is 0.0392. The summed E-state index contributed by atoms with van der Waals surface area (Å²) in [5, 5.41) is 3.26. The molecule has 0 bridgehead atoms. The largest absolute Gasteiger partial charge is 0.449 e. The van der Waals surface area contributed by atoms with Crippen LogP contribution in [0.1, 0.15) is 40.0 Å². The SMILES string of the molecule is CC(C)NC(=O)Cn1c(=O)c2oc3ccccc3c2n(CC(=O)N2CCCCC2C)c1=O. The van der Waals surface area contributed by atoms with Gasteiger partial charge in [-0.2, -0.15) is 0 Å². The fourth-order valence-electron chi connectivity index (χ4n) is 4.39. The maximum Gasteiger partial charge on any atom is 0.332 e. The molecule has 1 saturated heterocycles. The van der Waals surface area contributed by atoms with Crippen molar-refractivity contribution in [3.63, 3.8) is 0 Å². The van der Waals surface area contributed by atoms with E-state index in [-0.39, 0.29) is 35.6 Å². The molecule has 4 rings (SSSR count). The standard InChI is InChI=1S/C23H28N4O5/c1-14(2)24-18(28)12-27-22(30)21-20(16-9-4-5-10-17(16)32-21)26(23(27)31)13-19(29)25-11-7-6-8-15(25)3/h4-5,9-10,14-15H,6-8,11-13H2,1-3H3,(H,24,28). The van der Waals surface area contributed by atoms with Crippen molar-refractivity contribution in [1.82, 2.24) is 19.4 Å². The van der Waals surface area contributed by atoms with Crippen LogP contribution in [0.25, 0.3) is 22.1 Å². The number of carbonyl (C=O) groups is 2. The van der Waals surface area contributed by atoms with Gasteiger partial charge in [0.25, 0.3) is 5.56 Å². The van der Waals surface area contributed by atoms with Crippen molar-refractivity contribution >= 4 is 33.9 Å². The molecule has 9 nitrogen and oxygen atoms in total. The average molecular weight is 441 g/mol. The van der Waals surface area contributed by atoms with E-state index in [1.54, 1.807) is 43.0 Å². The van der Waals surface area contributed by atoms with Crippen LogP contribution in [0.15, 0.2) is 38.3 Å². The van der Waals surface area contributed by atoms with Crippen molar-refractivity contribution < 1.29 is 14.0 Å². The summed E-state index contributed by atoms with van der Waals surface area (Å²) in [6.45, 7) is 5.55. The number of nitrogens with one attached hydrogen (secondary N) is 1. The number of para-hydroxylation sites is 1. The lowest BCUT2D eigenvalue weighted by atomic mass is 10.0. The number of benzene rings is 1. The van der Waals surface area contributed by atoms with Gasteiger partial charge in [0.1, 0.15) is 24.2 Å². The van der Waals surface area contributed by atoms with Gasteiger partial charge >= 0.3 is 5.69 Å². The first-order chi connectivity index (χ1) is 15.3. The van der Waals surface area contributed by atoms with Crippen LogP contribution in [-0.4, -0.2) is 44.5 Å². The second-order valence-electron chi connectivity index (χ2n) is 8.69. The molecule has 1 N–H and O–H groups in total. The zero-order valence-corrected chi connectivity index (χ0v) is 18.6. The van der Waals surface area contributed by atoms with Gasteiger partial charge in [0.2, 0.25) is 17.4 Å². The number of likely N-dealkylation sites (tertiary alicyclic amines) is 1. The Morgan fingerprint density at radius 1 is 1.12 bits per heavy atom. The summed E-state index contributed by atoms with van der Waals surface area (Å²) < 4.78 is 7.90. The molecule has 1 aromatic carbocycles. The second kappa shape index (κ2) is 8.64. The third-order valence-corrected chi connectivity index (χ3v) is 5.91. The molecule has 3 heterocycles. The van der Waals surface area contributed by atoms with Crippen LogP contribution in [0.4, 0.5) is 0 Å². The normalized spacial score (nSPS) is 16.8. The number of hydrogen-bond donors (Lipinski definition) is 1. The van der Waals surface area contributed by atoms with Gasteiger partial charge in [-0.05, 0) is 52.2 Å². The van der Waals surface area contributed by atoms with Gasteiger partial charge in [-0.25, -0.2) is 9.36 Å². The predicted molar refractivity (Wildman–Crippen MR) is 121 cm³/mol. The average Bonchev–Trinajstić information content (AvgIpc) is 3.13. The lowest BCUT2D eigenvalue weighted by Crippen LogP contribution is -2.48. The molecule has 2 amide bonds. The van der Waals surface area contributed by atoms with Gasteiger partial charge in [0, 0.05) is 24.0 Å². The van der Waals surface area contributed by atoms with Crippen molar-refractivity contribution in [3.05, 3.63) is 45.1 Å². The number of hydrogen-bond acceptors (Lipinski definition) is 5. The second-order valence-corrected chi connectivity index (χ2v) is 8.69. The van der Waals surface area contributed by atoms with Crippen LogP contribution in [0.5, 0.6) is 0 Å². The van der Waals surface area contributed by atoms with E-state index < -0.39 is 23.7 Å². The summed E-state index contributed by atoms with van der Waals surface area (Å²) in [5.74, 6) is -0.653. The molecule has 0 radical (unpaired) electrons. The van der Waals surface area contributed by atoms with E-state index in [1.807, 2.05) is 6.92 Å². The third kappa shape index (κ3) is 3.94. The lowest BCUT2D eigenvalue weighted by molar-refractivity contribution is -0.135. The fraction of sp³-hybridized carbons (Fsp3) is 0.478. The molecule has 3 aromatic rings. The molecule has 170 valence electrons. The molecular formula is C23H28N4O5. The molecule has 0 spiro atoms. The van der Waals surface area contributed by atoms with E-state index in [4.69, 9.17) is 4.42 Å². The Labute approximate surface area is 184 Å². The predicted octanol–water partition coefficient (Wildman–Crippen LogP) is 1.83. The van der Waals surface area contributed by atoms with Crippen molar-refractivity contribution in [2.24, 2.45) is 0 Å². The number of amides is 2. The van der Waals surface area contributed by atoms with Crippen LogP contribution in [0.3, 0.4) is 0 Å². The van der Waals surface area contributed by atoms with Crippen LogP contribution in [-0.2, 0) is 22.7 Å². The summed E-state index contributed by atoms with van der Waals surface area (Å²) in [6, 6.07) is 6.95. The van der Waals surface area contributed by atoms with Crippen molar-refractivity contribution in [1.29, 1.82) is 0 Å². The molecule has 1 atom stereocenters. The van der Waals surface area contributed by atoms with Gasteiger partial charge in [0.05, 0.1) is 0 Å². The lowest BCUT2D eigenvalue weighted by Gasteiger charge is -2.33. The van der Waals surface area contributed by atoms with Crippen LogP contribution in [0, 0.1) is 0 Å². The zero-order chi connectivity index (χ0) is 23.0. The minimum atomic E-state index is -0.703. The summed E-state index contributed by atoms with van der Waals surface area (Å²) >= 11 is 0. The maximum absolute atomic E-state index is 13.4. The fourth-order valence-corrected chi connectivity index (χ4v) is 4.39. The van der Waals surface area contributed by atoms with E-state index in [9.17, 15) is 19.2 Å². The number of furan rings is 1. The van der Waals surface area contributed by atoms with Crippen LogP contribution >= 0.6 is 0 Å². The molecule has 9 heteroatoms. The van der Waals surface area contributed by atoms with Gasteiger partial charge in [-0.3, -0.25) is 19.0 Å². The van der Waals surface area contributed by atoms with Crippen LogP contribution in [0.2, 0.25) is 0 Å². The third-order valence-electron chi connectivity index (χ3n) is 5.91. The molecular weight excluding hydrogens is 412 g/mol. The van der Waals surface area contributed by atoms with Crippen molar-refractivity contribution in [2.45, 2.75) is 65.2 Å². The Hall–Kier alpha value is -3.36. The van der Waals surface area contributed by atoms with E-state index in [2.05, 4.69) is 5.32 Å². The summed E-state index contributed by atoms with van der Waals surface area (Å²) in [5.41, 5.74) is -0.700. The molecule has 1 aliphatic rings. The number of nitrogens with zero attached hydrogens (tertiary/aromatic N) is 3. The zero-order valence-electron chi connectivity index (χ0n) is 18.6. The Kier molecular flexibility index (Phi) is 5.90. The Morgan fingerprint density at radius 3 is 2.59 bits per heavy atom. The molecule has 1 aliphatic heterocycles. The first-order valence-corrected chi connectivity index (χ1v) is 11.0. The molecule has 2 aromatic heterocycles. The first-order valence-electron chi connectivity index (χ1n) is 11.0. The van der Waals surface area contributed by atoms with Crippen LogP contribution < -0.4 is 16.6 Å². The number of carbonyl (C=O) groups excluding carboxylic acids is 2. The summed E-state index contributed by atoms with van der Waals surface area (Å²) in [4.78, 5) is 53.8. The first kappa shape index (κ1) is 21.9.